The molecule has 0 aromatic heterocycles. The molecular formula is C6H11BFNO. The Balaban J connectivity index is 2.48. The van der Waals surface area contributed by atoms with Gasteiger partial charge in [-0.05, 0) is 0 Å². The van der Waals surface area contributed by atoms with Gasteiger partial charge in [0.25, 0.3) is 0 Å². The van der Waals surface area contributed by atoms with Crippen LogP contribution in [0, 0.1) is 0 Å². The Morgan fingerprint density at radius 1 is 1.80 bits per heavy atom. The van der Waals surface area contributed by atoms with Gasteiger partial charge in [-0.1, -0.05) is 0 Å². The van der Waals surface area contributed by atoms with Crippen LogP contribution < -0.4 is 0 Å². The maximum atomic E-state index is 12.6. The summed E-state index contributed by atoms with van der Waals surface area (Å²) in [6.07, 6.45) is -0.363. The number of nitrogens with zero attached hydrogens (tertiary/aromatic N) is 1. The molecule has 0 spiro atoms. The quantitative estimate of drug-likeness (QED) is 0.524. The van der Waals surface area contributed by atoms with Crippen molar-refractivity contribution < 1.29 is 9.50 Å². The van der Waals surface area contributed by atoms with E-state index in [1.807, 2.05) is 0 Å². The Morgan fingerprint density at radius 2 is 2.50 bits per heavy atom. The summed E-state index contributed by atoms with van der Waals surface area (Å²) in [5.41, 5.74) is 0. The molecule has 56 valence electrons. The Morgan fingerprint density at radius 3 is 2.90 bits per heavy atom. The number of aliphatic hydroxyl groups is 1. The molecule has 10 heavy (non-hydrogen) atoms. The van der Waals surface area contributed by atoms with E-state index in [-0.39, 0.29) is 12.6 Å². The molecular weight excluding hydrogens is 132 g/mol. The molecule has 1 fully saturated rings. The van der Waals surface area contributed by atoms with Gasteiger partial charge < -0.3 is 0 Å². The van der Waals surface area contributed by atoms with Crippen LogP contribution in [0.5, 0.6) is 0 Å². The third-order valence-corrected chi connectivity index (χ3v) is 1.85. The monoisotopic (exact) mass is 143 g/mol. The summed E-state index contributed by atoms with van der Waals surface area (Å²) >= 11 is 0. The van der Waals surface area contributed by atoms with E-state index in [0.29, 0.717) is 13.0 Å². The molecule has 0 aliphatic carbocycles. The molecule has 1 heterocycles. The van der Waals surface area contributed by atoms with Gasteiger partial charge in [-0.3, -0.25) is 0 Å². The molecule has 2 nitrogen and oxygen atoms in total. The van der Waals surface area contributed by atoms with Crippen LogP contribution in [0.1, 0.15) is 6.42 Å². The maximum absolute atomic E-state index is 12.6. The normalized spacial score (nSPS) is 32.4. The minimum absolute atomic E-state index is 0.0203. The van der Waals surface area contributed by atoms with Crippen molar-refractivity contribution >= 4 is 13.5 Å². The summed E-state index contributed by atoms with van der Waals surface area (Å²) < 4.78 is 12.6. The Hall–Kier alpha value is -0.375. The molecule has 0 bridgehead atoms. The topological polar surface area (TPSA) is 23.5 Å². The zero-order chi connectivity index (χ0) is 7.56. The number of halogens is 1. The third-order valence-electron chi connectivity index (χ3n) is 1.85. The van der Waals surface area contributed by atoms with Crippen LogP contribution in [-0.4, -0.2) is 48.8 Å². The predicted octanol–water partition coefficient (Wildman–Crippen LogP) is -0.558. The first-order valence-electron chi connectivity index (χ1n) is 3.41. The summed E-state index contributed by atoms with van der Waals surface area (Å²) in [7, 11) is 1.58. The van der Waals surface area contributed by atoms with Crippen molar-refractivity contribution in [3.8, 4) is 0 Å². The Kier molecular flexibility index (Phi) is 2.43. The fourth-order valence-electron chi connectivity index (χ4n) is 1.29. The van der Waals surface area contributed by atoms with Gasteiger partial charge in [0.05, 0.1) is 0 Å². The molecule has 0 unspecified atom stereocenters. The summed E-state index contributed by atoms with van der Waals surface area (Å²) in [5.74, 6) is 0. The van der Waals surface area contributed by atoms with Crippen molar-refractivity contribution in [2.24, 2.45) is 0 Å². The first-order chi connectivity index (χ1) is 4.77. The van der Waals surface area contributed by atoms with Gasteiger partial charge in [-0.25, -0.2) is 0 Å². The average molecular weight is 143 g/mol. The number of rotatable bonds is 2. The second-order valence-electron chi connectivity index (χ2n) is 2.55. The first kappa shape index (κ1) is 7.73. The summed E-state index contributed by atoms with van der Waals surface area (Å²) in [5, 5.41) is 8.73. The van der Waals surface area contributed by atoms with Crippen molar-refractivity contribution in [1.29, 1.82) is 0 Å². The number of aliphatic hydroxyl groups excluding tert-OH is 1. The molecule has 0 aromatic carbocycles. The van der Waals surface area contributed by atoms with Crippen LogP contribution in [-0.2, 0) is 0 Å². The zero-order valence-corrected chi connectivity index (χ0v) is 5.83. The van der Waals surface area contributed by atoms with Gasteiger partial charge >= 0.3 is 59.6 Å². The van der Waals surface area contributed by atoms with Crippen LogP contribution in [0.15, 0.2) is 0 Å². The van der Waals surface area contributed by atoms with Crippen LogP contribution in [0.25, 0.3) is 0 Å². The Bertz CT molecular complexity index is 133. The summed E-state index contributed by atoms with van der Waals surface area (Å²) in [6.45, 7) is 3.93. The van der Waals surface area contributed by atoms with Gasteiger partial charge in [-0.15, -0.1) is 0 Å². The molecule has 0 amide bonds. The molecule has 1 N–H and O–H groups in total. The minimum atomic E-state index is -0.796. The first-order valence-corrected chi connectivity index (χ1v) is 3.41. The van der Waals surface area contributed by atoms with E-state index < -0.39 is 6.17 Å². The van der Waals surface area contributed by atoms with E-state index in [0.717, 1.165) is 0 Å². The predicted molar refractivity (Wildman–Crippen MR) is 40.0 cm³/mol. The van der Waals surface area contributed by atoms with Crippen LogP contribution in [0.3, 0.4) is 0 Å². The summed E-state index contributed by atoms with van der Waals surface area (Å²) in [6, 6.07) is -0.0486. The van der Waals surface area contributed by atoms with E-state index >= 15 is 0 Å². The Labute approximate surface area is 60.6 Å². The van der Waals surface area contributed by atoms with Crippen molar-refractivity contribution in [3.05, 3.63) is 0 Å². The molecule has 1 aliphatic rings. The number of hydrogen-bond donors (Lipinski definition) is 1. The number of hydrogen-bond acceptors (Lipinski definition) is 2. The molecule has 2 atom stereocenters. The van der Waals surface area contributed by atoms with Gasteiger partial charge in [0.15, 0.2) is 0 Å². The van der Waals surface area contributed by atoms with E-state index in [1.54, 1.807) is 11.9 Å². The van der Waals surface area contributed by atoms with E-state index in [1.165, 1.54) is 0 Å². The molecule has 1 aliphatic heterocycles. The third kappa shape index (κ3) is 1.37. The average Bonchev–Trinajstić information content (AvgIpc) is 2.30. The van der Waals surface area contributed by atoms with E-state index in [4.69, 9.17) is 5.11 Å². The van der Waals surface area contributed by atoms with Crippen molar-refractivity contribution in [2.45, 2.75) is 18.6 Å². The van der Waals surface area contributed by atoms with Crippen molar-refractivity contribution in [2.75, 3.05) is 13.2 Å². The van der Waals surface area contributed by atoms with Gasteiger partial charge in [0.2, 0.25) is 0 Å². The van der Waals surface area contributed by atoms with Crippen LogP contribution in [0.2, 0.25) is 0 Å². The fourth-order valence-corrected chi connectivity index (χ4v) is 1.29. The van der Waals surface area contributed by atoms with Crippen molar-refractivity contribution in [3.63, 3.8) is 0 Å². The van der Waals surface area contributed by atoms with Gasteiger partial charge in [-0.2, -0.15) is 0 Å². The number of alkyl halides is 1. The SMILES string of the molecule is C=BN1C[C@H](F)C[C@H]1CO. The molecule has 0 radical (unpaired) electrons. The second-order valence-corrected chi connectivity index (χ2v) is 2.55. The standard InChI is InChI=1S/C6H11BFNO/c1-7-9-3-5(8)2-6(9)4-10/h5-6,10H,1-4H2/t5-,6+/m1/s1. The van der Waals surface area contributed by atoms with E-state index in [2.05, 4.69) is 6.47 Å². The molecule has 4 heteroatoms. The zero-order valence-electron chi connectivity index (χ0n) is 5.83. The van der Waals surface area contributed by atoms with E-state index in [9.17, 15) is 4.39 Å². The van der Waals surface area contributed by atoms with Crippen molar-refractivity contribution in [1.82, 2.24) is 4.81 Å². The molecule has 1 saturated heterocycles. The molecule has 1 rings (SSSR count). The van der Waals surface area contributed by atoms with Crippen LogP contribution >= 0.6 is 0 Å². The van der Waals surface area contributed by atoms with Gasteiger partial charge in [0.1, 0.15) is 0 Å². The summed E-state index contributed by atoms with van der Waals surface area (Å²) in [4.78, 5) is 1.74. The second kappa shape index (κ2) is 3.15. The molecule has 0 aromatic rings. The fraction of sp³-hybridized carbons (Fsp3) is 0.833. The van der Waals surface area contributed by atoms with Gasteiger partial charge in [0, 0.05) is 0 Å². The van der Waals surface area contributed by atoms with Crippen LogP contribution in [0.4, 0.5) is 4.39 Å². The molecule has 0 saturated carbocycles.